The quantitative estimate of drug-likeness (QED) is 0.321. The first-order chi connectivity index (χ1) is 14.1. The van der Waals surface area contributed by atoms with Gasteiger partial charge in [0, 0.05) is 25.4 Å². The molecule has 1 amide bonds. The van der Waals surface area contributed by atoms with Gasteiger partial charge in [-0.05, 0) is 12.8 Å². The molecule has 0 radical (unpaired) electrons. The van der Waals surface area contributed by atoms with Gasteiger partial charge in [0.15, 0.2) is 11.5 Å². The van der Waals surface area contributed by atoms with E-state index in [0.29, 0.717) is 49.5 Å². The zero-order chi connectivity index (χ0) is 21.1. The molecular weight excluding hydrogens is 380 g/mol. The summed E-state index contributed by atoms with van der Waals surface area (Å²) in [5, 5.41) is 19.2. The van der Waals surface area contributed by atoms with Gasteiger partial charge < -0.3 is 36.0 Å². The summed E-state index contributed by atoms with van der Waals surface area (Å²) in [5.74, 6) is 0.407. The van der Waals surface area contributed by atoms with E-state index >= 15 is 0 Å². The van der Waals surface area contributed by atoms with Crippen molar-refractivity contribution in [2.45, 2.75) is 31.4 Å². The van der Waals surface area contributed by atoms with Gasteiger partial charge in [0.2, 0.25) is 5.91 Å². The Balaban J connectivity index is 0.000000212. The summed E-state index contributed by atoms with van der Waals surface area (Å²) in [6.45, 7) is 0.841. The van der Waals surface area contributed by atoms with Crippen LogP contribution in [-0.2, 0) is 16.0 Å². The third-order valence-electron chi connectivity index (χ3n) is 3.98. The zero-order valence-corrected chi connectivity index (χ0v) is 16.1. The van der Waals surface area contributed by atoms with Crippen LogP contribution >= 0.6 is 0 Å². The number of imidazole rings is 2. The van der Waals surface area contributed by atoms with E-state index in [9.17, 15) is 9.90 Å². The number of aryl methyl sites for hydroxylation is 1. The molecule has 1 aliphatic heterocycles. The van der Waals surface area contributed by atoms with Gasteiger partial charge in [-0.3, -0.25) is 4.79 Å². The molecule has 4 heterocycles. The minimum atomic E-state index is -0.471. The zero-order valence-electron chi connectivity index (χ0n) is 16.1. The third-order valence-corrected chi connectivity index (χ3v) is 3.98. The largest absolute Gasteiger partial charge is 0.400 e. The highest BCUT2D eigenvalue weighted by atomic mass is 16.5. The van der Waals surface area contributed by atoms with Gasteiger partial charge in [-0.15, -0.1) is 0 Å². The molecule has 12 heteroatoms. The Morgan fingerprint density at radius 3 is 2.79 bits per heavy atom. The van der Waals surface area contributed by atoms with E-state index in [1.807, 2.05) is 0 Å². The number of nitrogen functional groups attached to an aromatic ring is 1. The maximum absolute atomic E-state index is 11.6. The number of hydrogen-bond donors (Lipinski definition) is 6. The van der Waals surface area contributed by atoms with Crippen molar-refractivity contribution in [1.29, 1.82) is 0 Å². The first-order valence-corrected chi connectivity index (χ1v) is 8.98. The number of carbonyl (C=O) groups is 1. The fourth-order valence-corrected chi connectivity index (χ4v) is 2.66. The molecule has 1 aliphatic rings. The van der Waals surface area contributed by atoms with Crippen molar-refractivity contribution < 1.29 is 19.7 Å². The lowest BCUT2D eigenvalue weighted by molar-refractivity contribution is -0.123. The first-order valence-electron chi connectivity index (χ1n) is 8.98. The molecule has 158 valence electrons. The number of hydrogen-bond acceptors (Lipinski definition) is 9. The number of rotatable bonds is 4. The van der Waals surface area contributed by atoms with Crippen LogP contribution in [0.25, 0.3) is 11.2 Å². The molecule has 0 aromatic carbocycles. The maximum atomic E-state index is 11.6. The fourth-order valence-electron chi connectivity index (χ4n) is 2.66. The summed E-state index contributed by atoms with van der Waals surface area (Å²) in [7, 11) is 1.00. The van der Waals surface area contributed by atoms with Crippen molar-refractivity contribution in [3.63, 3.8) is 0 Å². The number of carbonyl (C=O) groups excluding carboxylic acids is 1. The number of amides is 1. The Kier molecular flexibility index (Phi) is 8.95. The van der Waals surface area contributed by atoms with Gasteiger partial charge in [-0.2, -0.15) is 0 Å². The van der Waals surface area contributed by atoms with Crippen molar-refractivity contribution >= 4 is 22.9 Å². The minimum Gasteiger partial charge on any atom is -0.400 e. The van der Waals surface area contributed by atoms with Crippen LogP contribution in [0.15, 0.2) is 25.2 Å². The topological polar surface area (TPSA) is 188 Å². The van der Waals surface area contributed by atoms with Crippen LogP contribution in [0, 0.1) is 0 Å². The van der Waals surface area contributed by atoms with Gasteiger partial charge in [0.25, 0.3) is 0 Å². The number of aliphatic hydroxyl groups is 2. The predicted octanol–water partition coefficient (Wildman–Crippen LogP) is -0.848. The first kappa shape index (κ1) is 22.2. The number of fused-ring (bicyclic) bond motifs is 1. The van der Waals surface area contributed by atoms with Gasteiger partial charge in [-0.1, -0.05) is 0 Å². The van der Waals surface area contributed by atoms with Crippen LogP contribution in [-0.4, -0.2) is 78.5 Å². The highest BCUT2D eigenvalue weighted by molar-refractivity contribution is 5.80. The highest BCUT2D eigenvalue weighted by Crippen LogP contribution is 2.09. The second-order valence-corrected chi connectivity index (χ2v) is 6.13. The number of nitrogens with zero attached hydrogens (tertiary/aromatic N) is 4. The van der Waals surface area contributed by atoms with Gasteiger partial charge in [0.05, 0.1) is 38.0 Å². The summed E-state index contributed by atoms with van der Waals surface area (Å²) in [6, 6.07) is -0.0759. The van der Waals surface area contributed by atoms with E-state index in [1.54, 1.807) is 12.5 Å². The average Bonchev–Trinajstić information content (AvgIpc) is 3.41. The number of aliphatic hydroxyl groups excluding tert-OH is 2. The second-order valence-electron chi connectivity index (χ2n) is 6.13. The number of nitrogens with two attached hydrogens (primary N) is 1. The second kappa shape index (κ2) is 11.7. The number of anilines is 1. The molecule has 0 bridgehead atoms. The molecule has 1 fully saturated rings. The lowest BCUT2D eigenvalue weighted by Crippen LogP contribution is -2.45. The minimum absolute atomic E-state index is 0.0256. The van der Waals surface area contributed by atoms with E-state index in [0.717, 1.165) is 12.8 Å². The average molecular weight is 406 g/mol. The SMILES string of the molecule is CO.Nc1ncnc2nc[nH]c12.O=C(CCc1cnc[nH]1)NC1COCC(O)C1. The van der Waals surface area contributed by atoms with Crippen LogP contribution in [0.2, 0.25) is 0 Å². The lowest BCUT2D eigenvalue weighted by Gasteiger charge is -2.26. The van der Waals surface area contributed by atoms with Crippen LogP contribution in [0.3, 0.4) is 0 Å². The Morgan fingerprint density at radius 2 is 2.10 bits per heavy atom. The Bertz CT molecular complexity index is 854. The molecule has 0 spiro atoms. The van der Waals surface area contributed by atoms with E-state index < -0.39 is 6.10 Å². The molecule has 2 atom stereocenters. The molecule has 1 saturated heterocycles. The van der Waals surface area contributed by atoms with Crippen molar-refractivity contribution in [1.82, 2.24) is 35.2 Å². The molecule has 3 aromatic rings. The Labute approximate surface area is 167 Å². The van der Waals surface area contributed by atoms with E-state index in [4.69, 9.17) is 15.6 Å². The Hall–Kier alpha value is -3.09. The van der Waals surface area contributed by atoms with Crippen LogP contribution < -0.4 is 11.1 Å². The van der Waals surface area contributed by atoms with Crippen LogP contribution in [0.4, 0.5) is 5.82 Å². The molecule has 0 saturated carbocycles. The Morgan fingerprint density at radius 1 is 1.28 bits per heavy atom. The summed E-state index contributed by atoms with van der Waals surface area (Å²) in [5.41, 5.74) is 7.72. The number of H-pyrrole nitrogens is 2. The number of ether oxygens (including phenoxy) is 1. The molecule has 3 aromatic heterocycles. The molecular formula is C17H26N8O4. The van der Waals surface area contributed by atoms with E-state index in [2.05, 4.69) is 35.2 Å². The van der Waals surface area contributed by atoms with Crippen molar-refractivity contribution in [2.75, 3.05) is 26.1 Å². The van der Waals surface area contributed by atoms with Gasteiger partial charge >= 0.3 is 0 Å². The summed E-state index contributed by atoms with van der Waals surface area (Å²) >= 11 is 0. The fraction of sp³-hybridized carbons (Fsp3) is 0.471. The smallest absolute Gasteiger partial charge is 0.220 e. The maximum Gasteiger partial charge on any atom is 0.220 e. The summed E-state index contributed by atoms with van der Waals surface area (Å²) < 4.78 is 5.16. The van der Waals surface area contributed by atoms with Crippen molar-refractivity contribution in [3.8, 4) is 0 Å². The summed E-state index contributed by atoms with van der Waals surface area (Å²) in [4.78, 5) is 32.8. The van der Waals surface area contributed by atoms with Gasteiger partial charge in [0.1, 0.15) is 11.8 Å². The van der Waals surface area contributed by atoms with Crippen molar-refractivity contribution in [3.05, 3.63) is 30.9 Å². The number of nitrogens with one attached hydrogen (secondary N) is 3. The summed E-state index contributed by atoms with van der Waals surface area (Å²) in [6.07, 6.45) is 7.38. The molecule has 2 unspecified atom stereocenters. The van der Waals surface area contributed by atoms with E-state index in [-0.39, 0.29) is 11.9 Å². The normalized spacial score (nSPS) is 18.2. The van der Waals surface area contributed by atoms with E-state index in [1.165, 1.54) is 12.7 Å². The number of aromatic amines is 2. The lowest BCUT2D eigenvalue weighted by atomic mass is 10.1. The van der Waals surface area contributed by atoms with Crippen molar-refractivity contribution in [2.24, 2.45) is 0 Å². The molecule has 12 nitrogen and oxygen atoms in total. The van der Waals surface area contributed by atoms with Crippen LogP contribution in [0.5, 0.6) is 0 Å². The predicted molar refractivity (Wildman–Crippen MR) is 105 cm³/mol. The molecule has 29 heavy (non-hydrogen) atoms. The highest BCUT2D eigenvalue weighted by Gasteiger charge is 2.21. The number of aromatic nitrogens is 6. The standard InChI is InChI=1S/C11H17N3O3.C5H5N5.CH4O/c15-10-3-9(5-17-6-10)14-11(16)2-1-8-4-12-7-13-8;6-4-3-5(9-1-7-3)10-2-8-4;1-2/h4,7,9-10,15H,1-3,5-6H2,(H,12,13)(H,14,16);1-2H,(H3,6,7,8,9,10);2H,1H3. The van der Waals surface area contributed by atoms with Crippen LogP contribution in [0.1, 0.15) is 18.5 Å². The molecule has 7 N–H and O–H groups in total. The third kappa shape index (κ3) is 7.10. The van der Waals surface area contributed by atoms with Gasteiger partial charge in [-0.25, -0.2) is 19.9 Å². The molecule has 4 rings (SSSR count). The monoisotopic (exact) mass is 406 g/mol. The molecule has 0 aliphatic carbocycles.